The van der Waals surface area contributed by atoms with Crippen molar-refractivity contribution in [3.8, 4) is 11.1 Å². The number of anilines is 2. The Kier molecular flexibility index (Phi) is 5.19. The van der Waals surface area contributed by atoms with Gasteiger partial charge >= 0.3 is 0 Å². The van der Waals surface area contributed by atoms with Gasteiger partial charge in [0.15, 0.2) is 5.65 Å². The van der Waals surface area contributed by atoms with Gasteiger partial charge in [-0.3, -0.25) is 10.1 Å². The van der Waals surface area contributed by atoms with Crippen molar-refractivity contribution in [2.75, 3.05) is 31.5 Å². The highest BCUT2D eigenvalue weighted by molar-refractivity contribution is 5.99. The number of rotatable bonds is 5. The molecule has 4 aromatic rings. The summed E-state index contributed by atoms with van der Waals surface area (Å²) >= 11 is 0. The van der Waals surface area contributed by atoms with Gasteiger partial charge in [-0.2, -0.15) is 14.7 Å². The second kappa shape index (κ2) is 8.62. The number of aromatic amines is 1. The van der Waals surface area contributed by atoms with Crippen molar-refractivity contribution in [2.45, 2.75) is 25.2 Å². The molecule has 33 heavy (non-hydrogen) atoms. The molecule has 4 aromatic heterocycles. The fraction of sp³-hybridized carbons (Fsp3) is 0.348. The monoisotopic (exact) mass is 442 g/mol. The van der Waals surface area contributed by atoms with E-state index < -0.39 is 0 Å². The molecule has 0 radical (unpaired) electrons. The van der Waals surface area contributed by atoms with Crippen LogP contribution in [0, 0.1) is 0 Å². The molecule has 1 fully saturated rings. The standard InChI is InChI=1S/C23H26N10/c1-3-15(10-24-6-1)19-9-21(33-23(31-19)18(14-30-33)17-12-28-29-13-17)32-20-5-4-16(11-27-20)22-25-7-2-8-26-22/h4-5,9,11-15,24H,1-3,6-8,10H2,(H,25,26)(H,27,32)(H,28,29). The average molecular weight is 443 g/mol. The molecule has 6 rings (SSSR count). The van der Waals surface area contributed by atoms with Crippen LogP contribution in [0.5, 0.6) is 0 Å². The second-order valence-electron chi connectivity index (χ2n) is 8.46. The summed E-state index contributed by atoms with van der Waals surface area (Å²) in [5.41, 5.74) is 4.77. The van der Waals surface area contributed by atoms with Crippen LogP contribution in [-0.4, -0.2) is 61.8 Å². The molecule has 0 spiro atoms. The summed E-state index contributed by atoms with van der Waals surface area (Å²) in [5.74, 6) is 2.86. The third-order valence-corrected chi connectivity index (χ3v) is 6.21. The maximum Gasteiger partial charge on any atom is 0.165 e. The molecule has 4 N–H and O–H groups in total. The minimum Gasteiger partial charge on any atom is -0.370 e. The van der Waals surface area contributed by atoms with Crippen molar-refractivity contribution < 1.29 is 0 Å². The summed E-state index contributed by atoms with van der Waals surface area (Å²) in [5, 5.41) is 21.9. The lowest BCUT2D eigenvalue weighted by molar-refractivity contribution is 0.455. The van der Waals surface area contributed by atoms with Crippen LogP contribution in [0.25, 0.3) is 16.8 Å². The smallest absolute Gasteiger partial charge is 0.165 e. The number of aliphatic imine (C=N–C) groups is 1. The van der Waals surface area contributed by atoms with Gasteiger partial charge in [0.1, 0.15) is 17.5 Å². The van der Waals surface area contributed by atoms with Crippen LogP contribution in [-0.2, 0) is 0 Å². The summed E-state index contributed by atoms with van der Waals surface area (Å²) in [6.45, 7) is 3.80. The quantitative estimate of drug-likeness (QED) is 0.375. The first kappa shape index (κ1) is 19.9. The molecule has 0 amide bonds. The minimum absolute atomic E-state index is 0.363. The molecule has 0 bridgehead atoms. The maximum atomic E-state index is 5.03. The summed E-state index contributed by atoms with van der Waals surface area (Å²) in [7, 11) is 0. The number of hydrogen-bond acceptors (Lipinski definition) is 8. The number of hydrogen-bond donors (Lipinski definition) is 4. The van der Waals surface area contributed by atoms with Gasteiger partial charge in [0.2, 0.25) is 0 Å². The molecule has 1 atom stereocenters. The maximum absolute atomic E-state index is 5.03. The van der Waals surface area contributed by atoms with E-state index in [0.717, 1.165) is 90.9 Å². The molecular formula is C23H26N10. The zero-order chi connectivity index (χ0) is 22.0. The molecular weight excluding hydrogens is 416 g/mol. The third-order valence-electron chi connectivity index (χ3n) is 6.21. The second-order valence-corrected chi connectivity index (χ2v) is 8.46. The van der Waals surface area contributed by atoms with Crippen molar-refractivity contribution >= 4 is 23.1 Å². The first-order valence-corrected chi connectivity index (χ1v) is 11.5. The Labute approximate surface area is 191 Å². The van der Waals surface area contributed by atoms with Crippen molar-refractivity contribution in [1.29, 1.82) is 0 Å². The van der Waals surface area contributed by atoms with Gasteiger partial charge in [0.05, 0.1) is 18.1 Å². The molecule has 2 aliphatic rings. The van der Waals surface area contributed by atoms with Crippen LogP contribution in [0.4, 0.5) is 11.6 Å². The Hall–Kier alpha value is -3.79. The number of fused-ring (bicyclic) bond motifs is 1. The Balaban J connectivity index is 1.37. The molecule has 6 heterocycles. The first-order chi connectivity index (χ1) is 16.3. The lowest BCUT2D eigenvalue weighted by atomic mass is 9.96. The van der Waals surface area contributed by atoms with Crippen LogP contribution in [0.3, 0.4) is 0 Å². The Morgan fingerprint density at radius 3 is 2.82 bits per heavy atom. The van der Waals surface area contributed by atoms with E-state index in [2.05, 4.69) is 47.3 Å². The van der Waals surface area contributed by atoms with Crippen molar-refractivity contribution in [2.24, 2.45) is 4.99 Å². The average Bonchev–Trinajstić information content (AvgIpc) is 3.56. The van der Waals surface area contributed by atoms with Gasteiger partial charge < -0.3 is 16.0 Å². The molecule has 0 aromatic carbocycles. The fourth-order valence-electron chi connectivity index (χ4n) is 4.45. The van der Waals surface area contributed by atoms with Crippen LogP contribution in [0.1, 0.15) is 36.4 Å². The highest BCUT2D eigenvalue weighted by Gasteiger charge is 2.21. The Morgan fingerprint density at radius 1 is 1.06 bits per heavy atom. The first-order valence-electron chi connectivity index (χ1n) is 11.5. The fourth-order valence-corrected chi connectivity index (χ4v) is 4.45. The molecule has 1 unspecified atom stereocenters. The van der Waals surface area contributed by atoms with Crippen molar-refractivity contribution in [3.05, 3.63) is 54.2 Å². The molecule has 2 aliphatic heterocycles. The van der Waals surface area contributed by atoms with Gasteiger partial charge in [0.25, 0.3) is 0 Å². The third kappa shape index (κ3) is 3.93. The largest absolute Gasteiger partial charge is 0.370 e. The van der Waals surface area contributed by atoms with Gasteiger partial charge in [-0.25, -0.2) is 9.97 Å². The molecule has 1 saturated heterocycles. The van der Waals surface area contributed by atoms with Gasteiger partial charge in [-0.1, -0.05) is 0 Å². The molecule has 0 aliphatic carbocycles. The number of aromatic nitrogens is 6. The number of pyridine rings is 1. The topological polar surface area (TPSA) is 120 Å². The van der Waals surface area contributed by atoms with E-state index in [1.165, 1.54) is 0 Å². The Morgan fingerprint density at radius 2 is 2.06 bits per heavy atom. The van der Waals surface area contributed by atoms with Crippen molar-refractivity contribution in [1.82, 2.24) is 40.4 Å². The lowest BCUT2D eigenvalue weighted by Crippen LogP contribution is -2.30. The zero-order valence-corrected chi connectivity index (χ0v) is 18.3. The Bertz CT molecular complexity index is 1270. The predicted molar refractivity (Wildman–Crippen MR) is 127 cm³/mol. The normalized spacial score (nSPS) is 18.7. The molecule has 0 saturated carbocycles. The van der Waals surface area contributed by atoms with Gasteiger partial charge in [-0.05, 0) is 37.9 Å². The van der Waals surface area contributed by atoms with Gasteiger partial charge in [0, 0.05) is 60.7 Å². The summed E-state index contributed by atoms with van der Waals surface area (Å²) in [6.07, 6.45) is 10.7. The summed E-state index contributed by atoms with van der Waals surface area (Å²) < 4.78 is 1.84. The number of H-pyrrole nitrogens is 1. The number of amidine groups is 1. The van der Waals surface area contributed by atoms with Crippen LogP contribution < -0.4 is 16.0 Å². The summed E-state index contributed by atoms with van der Waals surface area (Å²) in [4.78, 5) is 14.2. The van der Waals surface area contributed by atoms with Crippen LogP contribution in [0.2, 0.25) is 0 Å². The zero-order valence-electron chi connectivity index (χ0n) is 18.3. The molecule has 10 heteroatoms. The van der Waals surface area contributed by atoms with Crippen molar-refractivity contribution in [3.63, 3.8) is 0 Å². The van der Waals surface area contributed by atoms with E-state index in [1.54, 1.807) is 6.20 Å². The predicted octanol–water partition coefficient (Wildman–Crippen LogP) is 2.46. The number of piperidine rings is 1. The SMILES string of the molecule is c1cc(Nc2cc(C3CCCNC3)nc3c(-c4cn[nH]c4)cnn23)ncc1C1=NCCCN1. The highest BCUT2D eigenvalue weighted by Crippen LogP contribution is 2.30. The van der Waals surface area contributed by atoms with E-state index >= 15 is 0 Å². The van der Waals surface area contributed by atoms with Gasteiger partial charge in [-0.15, -0.1) is 0 Å². The van der Waals surface area contributed by atoms with Crippen LogP contribution in [0.15, 0.2) is 48.0 Å². The van der Waals surface area contributed by atoms with Crippen LogP contribution >= 0.6 is 0 Å². The molecule has 10 nitrogen and oxygen atoms in total. The number of nitrogens with zero attached hydrogens (tertiary/aromatic N) is 6. The lowest BCUT2D eigenvalue weighted by Gasteiger charge is -2.23. The highest BCUT2D eigenvalue weighted by atomic mass is 15.3. The minimum atomic E-state index is 0.363. The van der Waals surface area contributed by atoms with E-state index in [1.807, 2.05) is 35.2 Å². The van der Waals surface area contributed by atoms with E-state index in [0.29, 0.717) is 5.92 Å². The van der Waals surface area contributed by atoms with E-state index in [-0.39, 0.29) is 0 Å². The molecule has 168 valence electrons. The summed E-state index contributed by atoms with van der Waals surface area (Å²) in [6, 6.07) is 6.11. The van der Waals surface area contributed by atoms with E-state index in [4.69, 9.17) is 4.98 Å². The van der Waals surface area contributed by atoms with E-state index in [9.17, 15) is 0 Å². The number of nitrogens with one attached hydrogen (secondary N) is 4.